The summed E-state index contributed by atoms with van der Waals surface area (Å²) in [5.41, 5.74) is 1.62. The summed E-state index contributed by atoms with van der Waals surface area (Å²) < 4.78 is 5.35. The molecule has 7 nitrogen and oxygen atoms in total. The van der Waals surface area contributed by atoms with Crippen LogP contribution in [0.3, 0.4) is 0 Å². The van der Waals surface area contributed by atoms with Crippen LogP contribution in [0.25, 0.3) is 11.3 Å². The molecule has 0 saturated carbocycles. The molecule has 2 aromatic rings. The third-order valence-electron chi connectivity index (χ3n) is 4.42. The molecule has 1 amide bonds. The van der Waals surface area contributed by atoms with Crippen molar-refractivity contribution < 1.29 is 19.4 Å². The van der Waals surface area contributed by atoms with Gasteiger partial charge in [0.2, 0.25) is 0 Å². The number of aliphatic carboxylic acids is 1. The van der Waals surface area contributed by atoms with Crippen molar-refractivity contribution in [3.8, 4) is 11.3 Å². The van der Waals surface area contributed by atoms with E-state index in [2.05, 4.69) is 10.2 Å². The van der Waals surface area contributed by atoms with Crippen molar-refractivity contribution in [1.29, 1.82) is 0 Å². The van der Waals surface area contributed by atoms with Crippen LogP contribution in [0.2, 0.25) is 5.02 Å². The Bertz CT molecular complexity index is 786. The van der Waals surface area contributed by atoms with Crippen LogP contribution in [0.5, 0.6) is 0 Å². The number of halogens is 1. The number of rotatable bonds is 6. The summed E-state index contributed by atoms with van der Waals surface area (Å²) in [4.78, 5) is 25.6. The lowest BCUT2D eigenvalue weighted by molar-refractivity contribution is -0.137. The van der Waals surface area contributed by atoms with Gasteiger partial charge in [0.1, 0.15) is 5.69 Å². The number of nitrogens with one attached hydrogen (secondary N) is 1. The number of carbonyl (C=O) groups is 2. The predicted molar refractivity (Wildman–Crippen MR) is 96.2 cm³/mol. The number of hydrogen-bond donors (Lipinski definition) is 2. The molecule has 138 valence electrons. The minimum atomic E-state index is -0.934. The van der Waals surface area contributed by atoms with Crippen LogP contribution in [0, 0.1) is 0 Å². The van der Waals surface area contributed by atoms with E-state index in [4.69, 9.17) is 21.4 Å². The van der Waals surface area contributed by atoms with Crippen LogP contribution in [0.1, 0.15) is 29.8 Å². The smallest absolute Gasteiger partial charge is 0.305 e. The highest BCUT2D eigenvalue weighted by Crippen LogP contribution is 2.27. The van der Waals surface area contributed by atoms with Crippen LogP contribution in [-0.4, -0.2) is 57.9 Å². The predicted octanol–water partition coefficient (Wildman–Crippen LogP) is 2.83. The Morgan fingerprint density at radius 1 is 1.31 bits per heavy atom. The molecule has 0 aliphatic carbocycles. The molecule has 1 aliphatic heterocycles. The van der Waals surface area contributed by atoms with Crippen molar-refractivity contribution in [3.63, 3.8) is 0 Å². The molecule has 2 N–H and O–H groups in total. The van der Waals surface area contributed by atoms with E-state index in [9.17, 15) is 9.59 Å². The Labute approximate surface area is 155 Å². The minimum absolute atomic E-state index is 0.0392. The summed E-state index contributed by atoms with van der Waals surface area (Å²) in [6.07, 6.45) is 1.28. The van der Waals surface area contributed by atoms with Gasteiger partial charge in [-0.25, -0.2) is 0 Å². The molecule has 1 aliphatic rings. The summed E-state index contributed by atoms with van der Waals surface area (Å²) in [7, 11) is 0. The van der Waals surface area contributed by atoms with Crippen LogP contribution in [-0.2, 0) is 9.53 Å². The van der Waals surface area contributed by atoms with Gasteiger partial charge in [-0.05, 0) is 25.0 Å². The highest BCUT2D eigenvalue weighted by molar-refractivity contribution is 6.33. The molecule has 1 aromatic carbocycles. The molecule has 0 atom stereocenters. The largest absolute Gasteiger partial charge is 0.481 e. The molecular weight excluding hydrogens is 358 g/mol. The number of aromatic amines is 1. The van der Waals surface area contributed by atoms with Crippen molar-refractivity contribution in [2.75, 3.05) is 19.8 Å². The van der Waals surface area contributed by atoms with E-state index in [1.165, 1.54) is 0 Å². The zero-order valence-electron chi connectivity index (χ0n) is 14.2. The number of carbonyl (C=O) groups excluding carboxylic acids is 1. The standard InChI is InChI=1S/C18H20ClN3O4/c19-14-4-2-1-3-13(14)15-11-16(21-20-15)18(25)22(8-5-17(23)24)12-6-9-26-10-7-12/h1-4,11-12H,5-10H2,(H,20,21)(H,23,24). The van der Waals surface area contributed by atoms with E-state index < -0.39 is 5.97 Å². The summed E-state index contributed by atoms with van der Waals surface area (Å²) in [5, 5.41) is 16.5. The van der Waals surface area contributed by atoms with Gasteiger partial charge in [-0.3, -0.25) is 14.7 Å². The molecule has 1 saturated heterocycles. The summed E-state index contributed by atoms with van der Waals surface area (Å²) in [5.74, 6) is -1.19. The lowest BCUT2D eigenvalue weighted by atomic mass is 10.1. The highest BCUT2D eigenvalue weighted by Gasteiger charge is 2.28. The number of amides is 1. The topological polar surface area (TPSA) is 95.5 Å². The maximum absolute atomic E-state index is 13.0. The highest BCUT2D eigenvalue weighted by atomic mass is 35.5. The summed E-state index contributed by atoms with van der Waals surface area (Å²) in [6, 6.07) is 8.86. The van der Waals surface area contributed by atoms with Crippen LogP contribution in [0.15, 0.2) is 30.3 Å². The van der Waals surface area contributed by atoms with Gasteiger partial charge in [0, 0.05) is 31.4 Å². The van der Waals surface area contributed by atoms with Crippen molar-refractivity contribution >= 4 is 23.5 Å². The second kappa shape index (κ2) is 8.33. The number of nitrogens with zero attached hydrogens (tertiary/aromatic N) is 2. The average Bonchev–Trinajstić information content (AvgIpc) is 3.12. The van der Waals surface area contributed by atoms with E-state index in [-0.39, 0.29) is 24.9 Å². The third kappa shape index (κ3) is 4.23. The third-order valence-corrected chi connectivity index (χ3v) is 4.75. The van der Waals surface area contributed by atoms with Crippen molar-refractivity contribution in [1.82, 2.24) is 15.1 Å². The quantitative estimate of drug-likeness (QED) is 0.807. The zero-order valence-corrected chi connectivity index (χ0v) is 14.9. The van der Waals surface area contributed by atoms with Gasteiger partial charge in [-0.2, -0.15) is 5.10 Å². The molecule has 2 heterocycles. The summed E-state index contributed by atoms with van der Waals surface area (Å²) in [6.45, 7) is 1.28. The van der Waals surface area contributed by atoms with Gasteiger partial charge in [0.05, 0.1) is 17.1 Å². The van der Waals surface area contributed by atoms with Crippen molar-refractivity contribution in [2.45, 2.75) is 25.3 Å². The van der Waals surface area contributed by atoms with Crippen LogP contribution < -0.4 is 0 Å². The van der Waals surface area contributed by atoms with E-state index in [1.807, 2.05) is 18.2 Å². The first-order valence-electron chi connectivity index (χ1n) is 8.47. The number of H-pyrrole nitrogens is 1. The second-order valence-corrected chi connectivity index (χ2v) is 6.54. The number of benzene rings is 1. The number of hydrogen-bond acceptors (Lipinski definition) is 4. The average molecular weight is 378 g/mol. The fraction of sp³-hybridized carbons (Fsp3) is 0.389. The normalized spacial score (nSPS) is 15.0. The molecule has 0 bridgehead atoms. The van der Waals surface area contributed by atoms with Gasteiger partial charge in [-0.15, -0.1) is 0 Å². The van der Waals surface area contributed by atoms with Gasteiger partial charge in [0.15, 0.2) is 0 Å². The van der Waals surface area contributed by atoms with Crippen molar-refractivity contribution in [2.24, 2.45) is 0 Å². The van der Waals surface area contributed by atoms with Gasteiger partial charge >= 0.3 is 5.97 Å². The number of ether oxygens (including phenoxy) is 1. The zero-order chi connectivity index (χ0) is 18.5. The SMILES string of the molecule is O=C(O)CCN(C(=O)c1cc(-c2ccccc2Cl)n[nH]1)C1CCOCC1. The molecule has 1 fully saturated rings. The second-order valence-electron chi connectivity index (χ2n) is 6.13. The molecule has 0 radical (unpaired) electrons. The van der Waals surface area contributed by atoms with E-state index in [1.54, 1.807) is 17.0 Å². The van der Waals surface area contributed by atoms with E-state index in [0.29, 0.717) is 42.5 Å². The minimum Gasteiger partial charge on any atom is -0.481 e. The molecule has 0 unspecified atom stereocenters. The molecule has 0 spiro atoms. The molecule has 26 heavy (non-hydrogen) atoms. The van der Waals surface area contributed by atoms with Gasteiger partial charge in [-0.1, -0.05) is 29.8 Å². The van der Waals surface area contributed by atoms with Crippen LogP contribution in [0.4, 0.5) is 0 Å². The Kier molecular flexibility index (Phi) is 5.90. The molecule has 1 aromatic heterocycles. The van der Waals surface area contributed by atoms with E-state index >= 15 is 0 Å². The monoisotopic (exact) mass is 377 g/mol. The van der Waals surface area contributed by atoms with Crippen molar-refractivity contribution in [3.05, 3.63) is 41.0 Å². The fourth-order valence-electron chi connectivity index (χ4n) is 3.06. The first kappa shape index (κ1) is 18.4. The number of carboxylic acids is 1. The molecule has 8 heteroatoms. The Morgan fingerprint density at radius 3 is 2.73 bits per heavy atom. The lowest BCUT2D eigenvalue weighted by Gasteiger charge is -2.33. The molecular formula is C18H20ClN3O4. The maximum Gasteiger partial charge on any atom is 0.305 e. The molecule has 3 rings (SSSR count). The van der Waals surface area contributed by atoms with Crippen LogP contribution >= 0.6 is 11.6 Å². The summed E-state index contributed by atoms with van der Waals surface area (Å²) >= 11 is 6.19. The first-order valence-corrected chi connectivity index (χ1v) is 8.85. The number of aromatic nitrogens is 2. The lowest BCUT2D eigenvalue weighted by Crippen LogP contribution is -2.44. The Hall–Kier alpha value is -2.38. The Morgan fingerprint density at radius 2 is 2.04 bits per heavy atom. The Balaban J connectivity index is 1.82. The first-order chi connectivity index (χ1) is 12.6. The fourth-order valence-corrected chi connectivity index (χ4v) is 3.29. The maximum atomic E-state index is 13.0. The van der Waals surface area contributed by atoms with Gasteiger partial charge in [0.25, 0.3) is 5.91 Å². The van der Waals surface area contributed by atoms with Gasteiger partial charge < -0.3 is 14.7 Å². The number of carboxylic acid groups (broad SMARTS) is 1. The van der Waals surface area contributed by atoms with E-state index in [0.717, 1.165) is 5.56 Å².